The molecule has 0 saturated carbocycles. The molecule has 0 aromatic heterocycles. The van der Waals surface area contributed by atoms with Crippen molar-refractivity contribution in [3.05, 3.63) is 0 Å². The van der Waals surface area contributed by atoms with Crippen molar-refractivity contribution in [3.8, 4) is 0 Å². The van der Waals surface area contributed by atoms with Crippen LogP contribution in [-0.2, 0) is 65.4 Å². The summed E-state index contributed by atoms with van der Waals surface area (Å²) in [7, 11) is -9.92. The van der Waals surface area contributed by atoms with E-state index in [0.29, 0.717) is 25.7 Å². The van der Waals surface area contributed by atoms with Gasteiger partial charge in [0.25, 0.3) is 0 Å². The first-order valence-electron chi connectivity index (χ1n) is 41.8. The van der Waals surface area contributed by atoms with Gasteiger partial charge in [-0.25, -0.2) is 9.13 Å². The fraction of sp³-hybridized carbons (Fsp3) is 0.951. The normalized spacial score (nSPS) is 14.0. The molecule has 0 aliphatic heterocycles. The van der Waals surface area contributed by atoms with Crippen LogP contribution < -0.4 is 0 Å². The lowest BCUT2D eigenvalue weighted by atomic mass is 10.0. The maximum Gasteiger partial charge on any atom is 0.472 e. The fourth-order valence-corrected chi connectivity index (χ4v) is 14.1. The number of phosphoric acid groups is 2. The summed E-state index contributed by atoms with van der Waals surface area (Å²) in [5.41, 5.74) is 0. The molecular formula is C81H158O17P2. The van der Waals surface area contributed by atoms with Gasteiger partial charge >= 0.3 is 39.5 Å². The number of unbranched alkanes of at least 4 members (excludes halogenated alkanes) is 47. The molecule has 0 aliphatic rings. The highest BCUT2D eigenvalue weighted by Crippen LogP contribution is 2.45. The van der Waals surface area contributed by atoms with Crippen LogP contribution in [0.25, 0.3) is 0 Å². The van der Waals surface area contributed by atoms with E-state index in [1.54, 1.807) is 0 Å². The number of ether oxygens (including phenoxy) is 4. The van der Waals surface area contributed by atoms with Crippen LogP contribution in [0.4, 0.5) is 0 Å². The molecule has 2 unspecified atom stereocenters. The second-order valence-corrected chi connectivity index (χ2v) is 33.5. The molecule has 0 spiro atoms. The van der Waals surface area contributed by atoms with Gasteiger partial charge in [0.2, 0.25) is 0 Å². The van der Waals surface area contributed by atoms with Crippen LogP contribution in [-0.4, -0.2) is 96.7 Å². The van der Waals surface area contributed by atoms with Gasteiger partial charge in [0, 0.05) is 25.7 Å². The Labute approximate surface area is 613 Å². The van der Waals surface area contributed by atoms with Crippen LogP contribution in [0.15, 0.2) is 0 Å². The number of phosphoric ester groups is 2. The molecule has 0 amide bonds. The molecule has 17 nitrogen and oxygen atoms in total. The Bertz CT molecular complexity index is 1940. The molecule has 0 aliphatic carbocycles. The minimum Gasteiger partial charge on any atom is -0.462 e. The Morgan fingerprint density at radius 3 is 0.680 bits per heavy atom. The van der Waals surface area contributed by atoms with E-state index >= 15 is 0 Å². The lowest BCUT2D eigenvalue weighted by Crippen LogP contribution is -2.30. The molecule has 0 aromatic carbocycles. The quantitative estimate of drug-likeness (QED) is 0.0222. The summed E-state index contributed by atoms with van der Waals surface area (Å²) in [6.07, 6.45) is 59.7. The van der Waals surface area contributed by atoms with E-state index in [2.05, 4.69) is 48.5 Å². The summed E-state index contributed by atoms with van der Waals surface area (Å²) in [5, 5.41) is 10.6. The predicted molar refractivity (Wildman–Crippen MR) is 409 cm³/mol. The van der Waals surface area contributed by atoms with Gasteiger partial charge in [0.05, 0.1) is 26.4 Å². The van der Waals surface area contributed by atoms with Crippen molar-refractivity contribution in [2.45, 2.75) is 439 Å². The first kappa shape index (κ1) is 98.1. The monoisotopic (exact) mass is 1470 g/mol. The van der Waals surface area contributed by atoms with E-state index in [0.717, 1.165) is 108 Å². The number of carbonyl (C=O) groups is 4. The van der Waals surface area contributed by atoms with Crippen molar-refractivity contribution >= 4 is 39.5 Å². The van der Waals surface area contributed by atoms with Crippen molar-refractivity contribution in [2.24, 2.45) is 17.8 Å². The van der Waals surface area contributed by atoms with Gasteiger partial charge in [-0.3, -0.25) is 37.3 Å². The molecule has 0 saturated heterocycles. The molecule has 0 radical (unpaired) electrons. The van der Waals surface area contributed by atoms with Crippen LogP contribution in [0.1, 0.15) is 421 Å². The smallest absolute Gasteiger partial charge is 0.462 e. The minimum absolute atomic E-state index is 0.106. The number of rotatable bonds is 79. The summed E-state index contributed by atoms with van der Waals surface area (Å²) >= 11 is 0. The number of hydrogen-bond acceptors (Lipinski definition) is 15. The van der Waals surface area contributed by atoms with E-state index < -0.39 is 97.5 Å². The van der Waals surface area contributed by atoms with Gasteiger partial charge in [-0.15, -0.1) is 0 Å². The summed E-state index contributed by atoms with van der Waals surface area (Å²) < 4.78 is 68.7. The lowest BCUT2D eigenvalue weighted by Gasteiger charge is -2.21. The van der Waals surface area contributed by atoms with Gasteiger partial charge in [-0.05, 0) is 43.4 Å². The van der Waals surface area contributed by atoms with Crippen LogP contribution in [0.2, 0.25) is 0 Å². The molecule has 3 N–H and O–H groups in total. The fourth-order valence-electron chi connectivity index (χ4n) is 12.5. The zero-order valence-corrected chi connectivity index (χ0v) is 67.5. The third kappa shape index (κ3) is 74.3. The average molecular weight is 1470 g/mol. The van der Waals surface area contributed by atoms with Crippen LogP contribution in [0.3, 0.4) is 0 Å². The van der Waals surface area contributed by atoms with Gasteiger partial charge < -0.3 is 33.8 Å². The highest BCUT2D eigenvalue weighted by Gasteiger charge is 2.30. The van der Waals surface area contributed by atoms with Crippen molar-refractivity contribution in [3.63, 3.8) is 0 Å². The Morgan fingerprint density at radius 1 is 0.270 bits per heavy atom. The maximum atomic E-state index is 13.1. The van der Waals surface area contributed by atoms with Crippen LogP contribution in [0, 0.1) is 17.8 Å². The van der Waals surface area contributed by atoms with Gasteiger partial charge in [0.15, 0.2) is 12.2 Å². The maximum absolute atomic E-state index is 13.1. The molecule has 0 aromatic rings. The first-order valence-corrected chi connectivity index (χ1v) is 44.8. The summed E-state index contributed by atoms with van der Waals surface area (Å²) in [6, 6.07) is 0. The Balaban J connectivity index is 5.21. The molecule has 5 atom stereocenters. The van der Waals surface area contributed by atoms with Crippen molar-refractivity contribution in [2.75, 3.05) is 39.6 Å². The van der Waals surface area contributed by atoms with Crippen molar-refractivity contribution < 1.29 is 80.2 Å². The molecule has 19 heteroatoms. The second-order valence-electron chi connectivity index (χ2n) is 30.6. The number of esters is 4. The van der Waals surface area contributed by atoms with E-state index in [9.17, 15) is 43.2 Å². The van der Waals surface area contributed by atoms with Crippen LogP contribution >= 0.6 is 15.6 Å². The number of aliphatic hydroxyl groups is 1. The standard InChI is InChI=1S/C81H158O17P2/c1-8-9-10-11-12-31-41-48-55-62-78(83)91-68-76(98-81(86)65-58-51-44-37-30-29-34-40-47-54-61-74(6)7)70-95-99(87,88)93-66-75(82)67-94-100(89,90)96-71-77(97-80(85)64-57-50-43-36-28-24-20-16-14-18-22-26-33-39-46-53-60-73(4)5)69-92-79(84)63-56-49-42-35-27-23-19-15-13-17-21-25-32-38-45-52-59-72(2)3/h72-77,82H,8-71H2,1-7H3,(H,87,88)(H,89,90)/t75-,76+,77+/m0/s1. The topological polar surface area (TPSA) is 237 Å². The number of aliphatic hydroxyl groups excluding tert-OH is 1. The van der Waals surface area contributed by atoms with Crippen LogP contribution in [0.5, 0.6) is 0 Å². The highest BCUT2D eigenvalue weighted by atomic mass is 31.2. The number of hydrogen-bond donors (Lipinski definition) is 3. The minimum atomic E-state index is -4.96. The molecule has 594 valence electrons. The summed E-state index contributed by atoms with van der Waals surface area (Å²) in [6.45, 7) is 12.0. The zero-order valence-electron chi connectivity index (χ0n) is 65.7. The molecule has 0 rings (SSSR count). The van der Waals surface area contributed by atoms with E-state index in [-0.39, 0.29) is 25.7 Å². The Kier molecular flexibility index (Phi) is 69.9. The predicted octanol–water partition coefficient (Wildman–Crippen LogP) is 24.1. The summed E-state index contributed by atoms with van der Waals surface area (Å²) in [5.74, 6) is 0.262. The molecule has 0 bridgehead atoms. The second kappa shape index (κ2) is 71.3. The van der Waals surface area contributed by atoms with E-state index in [1.165, 1.54) is 231 Å². The van der Waals surface area contributed by atoms with Crippen molar-refractivity contribution in [1.82, 2.24) is 0 Å². The average Bonchev–Trinajstić information content (AvgIpc) is 0.921. The van der Waals surface area contributed by atoms with E-state index in [4.69, 9.17) is 37.0 Å². The van der Waals surface area contributed by atoms with E-state index in [1.807, 2.05) is 0 Å². The largest absolute Gasteiger partial charge is 0.472 e. The molecule has 100 heavy (non-hydrogen) atoms. The molecule has 0 fully saturated rings. The number of carbonyl (C=O) groups excluding carboxylic acids is 4. The summed E-state index contributed by atoms with van der Waals surface area (Å²) in [4.78, 5) is 73.0. The van der Waals surface area contributed by atoms with Gasteiger partial charge in [0.1, 0.15) is 19.3 Å². The Hall–Kier alpha value is -1.94. The zero-order chi connectivity index (χ0) is 73.7. The van der Waals surface area contributed by atoms with Gasteiger partial charge in [-0.1, -0.05) is 370 Å². The first-order chi connectivity index (χ1) is 48.2. The molecule has 0 heterocycles. The van der Waals surface area contributed by atoms with Crippen molar-refractivity contribution in [1.29, 1.82) is 0 Å². The highest BCUT2D eigenvalue weighted by molar-refractivity contribution is 7.47. The Morgan fingerprint density at radius 2 is 0.460 bits per heavy atom. The SMILES string of the molecule is CCCCCCCCCCCC(=O)OC[C@H](COP(=O)(O)OC[C@H](O)COP(=O)(O)OC[C@@H](COC(=O)CCCCCCCCCCCCCCCCCCC(C)C)OC(=O)CCCCCCCCCCCCCCCCCCC(C)C)OC(=O)CCCCCCCCCCCCC(C)C. The third-order valence-corrected chi connectivity index (χ3v) is 20.8. The lowest BCUT2D eigenvalue weighted by molar-refractivity contribution is -0.161. The third-order valence-electron chi connectivity index (χ3n) is 18.9. The van der Waals surface area contributed by atoms with Gasteiger partial charge in [-0.2, -0.15) is 0 Å². The molecular weight excluding hydrogens is 1310 g/mol.